The molecule has 4 heterocycles. The van der Waals surface area contributed by atoms with Crippen molar-refractivity contribution in [1.82, 2.24) is 29.3 Å². The molecule has 0 spiro atoms. The number of rotatable bonds is 3. The second kappa shape index (κ2) is 6.69. The highest BCUT2D eigenvalue weighted by Gasteiger charge is 2.20. The first-order chi connectivity index (χ1) is 12.5. The summed E-state index contributed by atoms with van der Waals surface area (Å²) in [7, 11) is 3.91. The average Bonchev–Trinajstić information content (AvgIpc) is 3.18. The monoisotopic (exact) mass is 418 g/mol. The number of carbonyl (C=O) groups is 1. The molecule has 0 unspecified atom stereocenters. The summed E-state index contributed by atoms with van der Waals surface area (Å²) in [6.07, 6.45) is 5.11. The van der Waals surface area contributed by atoms with Gasteiger partial charge in [-0.15, -0.1) is 0 Å². The van der Waals surface area contributed by atoms with Crippen LogP contribution in [-0.4, -0.2) is 68.4 Å². The fourth-order valence-corrected chi connectivity index (χ4v) is 3.42. The number of nitrogens with zero attached hydrogens (tertiary/aromatic N) is 7. The van der Waals surface area contributed by atoms with Crippen LogP contribution in [0.15, 0.2) is 29.3 Å². The lowest BCUT2D eigenvalue weighted by molar-refractivity contribution is 0.102. The van der Waals surface area contributed by atoms with Crippen LogP contribution < -0.4 is 10.2 Å². The van der Waals surface area contributed by atoms with Gasteiger partial charge < -0.3 is 15.1 Å². The van der Waals surface area contributed by atoms with E-state index >= 15 is 0 Å². The van der Waals surface area contributed by atoms with Crippen molar-refractivity contribution in [1.29, 1.82) is 0 Å². The number of aromatic nitrogens is 5. The lowest BCUT2D eigenvalue weighted by Gasteiger charge is -2.33. The predicted molar refractivity (Wildman–Crippen MR) is 102 cm³/mol. The second-order valence-electron chi connectivity index (χ2n) is 6.36. The van der Waals surface area contributed by atoms with Crippen LogP contribution in [0.25, 0.3) is 5.65 Å². The van der Waals surface area contributed by atoms with Gasteiger partial charge in [0.2, 0.25) is 0 Å². The van der Waals surface area contributed by atoms with Gasteiger partial charge in [-0.2, -0.15) is 10.2 Å². The molecule has 1 fully saturated rings. The molecule has 0 radical (unpaired) electrons. The molecule has 0 aromatic carbocycles. The average molecular weight is 419 g/mol. The Morgan fingerprint density at radius 1 is 1.23 bits per heavy atom. The van der Waals surface area contributed by atoms with Crippen molar-refractivity contribution >= 4 is 39.0 Å². The van der Waals surface area contributed by atoms with Gasteiger partial charge in [-0.3, -0.25) is 9.48 Å². The highest BCUT2D eigenvalue weighted by atomic mass is 79.9. The SMILES string of the molecule is CN1CCN(c2ccn3ncc(C(=O)Nc4cn(C)nc4Br)c3n2)CC1. The van der Waals surface area contributed by atoms with E-state index in [0.717, 1.165) is 32.0 Å². The van der Waals surface area contributed by atoms with Crippen LogP contribution in [0.4, 0.5) is 11.5 Å². The minimum Gasteiger partial charge on any atom is -0.354 e. The number of anilines is 2. The molecule has 9 nitrogen and oxygen atoms in total. The molecule has 0 saturated carbocycles. The standard InChI is InChI=1S/C16H19BrN8O/c1-22-5-7-24(8-6-22)13-3-4-25-15(20-13)11(9-18-25)16(26)19-12-10-23(2)21-14(12)17/h3-4,9-10H,5-8H2,1-2H3,(H,19,26). The zero-order chi connectivity index (χ0) is 18.3. The van der Waals surface area contributed by atoms with Crippen molar-refractivity contribution in [2.75, 3.05) is 43.4 Å². The van der Waals surface area contributed by atoms with Gasteiger partial charge in [-0.05, 0) is 29.0 Å². The third-order valence-electron chi connectivity index (χ3n) is 4.46. The van der Waals surface area contributed by atoms with E-state index in [2.05, 4.69) is 53.3 Å². The van der Waals surface area contributed by atoms with Crippen molar-refractivity contribution in [2.24, 2.45) is 7.05 Å². The second-order valence-corrected chi connectivity index (χ2v) is 7.12. The van der Waals surface area contributed by atoms with Crippen LogP contribution in [0.1, 0.15) is 10.4 Å². The number of aryl methyl sites for hydroxylation is 1. The third kappa shape index (κ3) is 3.17. The van der Waals surface area contributed by atoms with Crippen molar-refractivity contribution in [3.63, 3.8) is 0 Å². The summed E-state index contributed by atoms with van der Waals surface area (Å²) in [4.78, 5) is 21.9. The van der Waals surface area contributed by atoms with Crippen LogP contribution in [0.2, 0.25) is 0 Å². The van der Waals surface area contributed by atoms with Crippen LogP contribution in [0.5, 0.6) is 0 Å². The molecule has 10 heteroatoms. The third-order valence-corrected chi connectivity index (χ3v) is 5.04. The lowest BCUT2D eigenvalue weighted by Crippen LogP contribution is -2.44. The summed E-state index contributed by atoms with van der Waals surface area (Å²) in [5, 5.41) is 11.2. The molecule has 1 aliphatic rings. The molecule has 0 atom stereocenters. The fraction of sp³-hybridized carbons (Fsp3) is 0.375. The lowest BCUT2D eigenvalue weighted by atomic mass is 10.3. The van der Waals surface area contributed by atoms with Gasteiger partial charge in [0.1, 0.15) is 11.4 Å². The van der Waals surface area contributed by atoms with E-state index in [9.17, 15) is 4.79 Å². The first kappa shape index (κ1) is 17.0. The minimum atomic E-state index is -0.267. The van der Waals surface area contributed by atoms with Gasteiger partial charge in [-0.25, -0.2) is 9.50 Å². The van der Waals surface area contributed by atoms with Crippen LogP contribution in [0.3, 0.4) is 0 Å². The molecule has 1 N–H and O–H groups in total. The van der Waals surface area contributed by atoms with Gasteiger partial charge in [0.05, 0.1) is 11.9 Å². The molecule has 26 heavy (non-hydrogen) atoms. The normalized spacial score (nSPS) is 15.6. The number of halogens is 1. The van der Waals surface area contributed by atoms with E-state index in [-0.39, 0.29) is 5.91 Å². The number of amides is 1. The summed E-state index contributed by atoms with van der Waals surface area (Å²) in [5.41, 5.74) is 1.57. The van der Waals surface area contributed by atoms with E-state index in [1.165, 1.54) is 6.20 Å². The van der Waals surface area contributed by atoms with E-state index in [0.29, 0.717) is 21.5 Å². The molecule has 1 saturated heterocycles. The molecule has 1 aliphatic heterocycles. The number of hydrogen-bond donors (Lipinski definition) is 1. The first-order valence-electron chi connectivity index (χ1n) is 8.29. The maximum atomic E-state index is 12.7. The van der Waals surface area contributed by atoms with Crippen molar-refractivity contribution in [3.8, 4) is 0 Å². The molecule has 3 aromatic rings. The predicted octanol–water partition coefficient (Wildman–Crippen LogP) is 1.23. The summed E-state index contributed by atoms with van der Waals surface area (Å²) >= 11 is 3.33. The van der Waals surface area contributed by atoms with Crippen molar-refractivity contribution in [2.45, 2.75) is 0 Å². The molecule has 136 valence electrons. The maximum Gasteiger partial charge on any atom is 0.261 e. The van der Waals surface area contributed by atoms with E-state index in [4.69, 9.17) is 0 Å². The Hall–Kier alpha value is -2.46. The maximum absolute atomic E-state index is 12.7. The van der Waals surface area contributed by atoms with Crippen LogP contribution in [-0.2, 0) is 7.05 Å². The number of fused-ring (bicyclic) bond motifs is 1. The minimum absolute atomic E-state index is 0.267. The number of hydrogen-bond acceptors (Lipinski definition) is 6. The van der Waals surface area contributed by atoms with Gasteiger partial charge in [0.25, 0.3) is 5.91 Å². The van der Waals surface area contributed by atoms with E-state index in [1.54, 1.807) is 22.4 Å². The van der Waals surface area contributed by atoms with Crippen LogP contribution >= 0.6 is 15.9 Å². The summed E-state index contributed by atoms with van der Waals surface area (Å²) in [6.45, 7) is 3.82. The number of piperazine rings is 1. The Balaban J connectivity index is 1.62. The largest absolute Gasteiger partial charge is 0.354 e. The van der Waals surface area contributed by atoms with E-state index in [1.807, 2.05) is 12.3 Å². The van der Waals surface area contributed by atoms with Crippen molar-refractivity contribution < 1.29 is 4.79 Å². The fourth-order valence-electron chi connectivity index (χ4n) is 2.97. The highest BCUT2D eigenvalue weighted by molar-refractivity contribution is 9.10. The van der Waals surface area contributed by atoms with Gasteiger partial charge in [0.15, 0.2) is 10.3 Å². The molecular weight excluding hydrogens is 400 g/mol. The van der Waals surface area contributed by atoms with Crippen LogP contribution in [0, 0.1) is 0 Å². The Morgan fingerprint density at radius 3 is 2.69 bits per heavy atom. The van der Waals surface area contributed by atoms with E-state index < -0.39 is 0 Å². The number of carbonyl (C=O) groups excluding carboxylic acids is 1. The molecule has 0 bridgehead atoms. The molecular formula is C16H19BrN8O. The van der Waals surface area contributed by atoms with Gasteiger partial charge in [-0.1, -0.05) is 0 Å². The van der Waals surface area contributed by atoms with Gasteiger partial charge in [0, 0.05) is 45.6 Å². The molecule has 1 amide bonds. The first-order valence-corrected chi connectivity index (χ1v) is 9.09. The van der Waals surface area contributed by atoms with Gasteiger partial charge >= 0.3 is 0 Å². The Kier molecular flexibility index (Phi) is 4.37. The summed E-state index contributed by atoms with van der Waals surface area (Å²) in [5.74, 6) is 0.597. The Bertz CT molecular complexity index is 956. The zero-order valence-corrected chi connectivity index (χ0v) is 16.1. The van der Waals surface area contributed by atoms with Crippen molar-refractivity contribution in [3.05, 3.63) is 34.8 Å². The smallest absolute Gasteiger partial charge is 0.261 e. The molecule has 4 rings (SSSR count). The summed E-state index contributed by atoms with van der Waals surface area (Å²) < 4.78 is 3.82. The molecule has 3 aromatic heterocycles. The number of nitrogens with one attached hydrogen (secondary N) is 1. The quantitative estimate of drug-likeness (QED) is 0.688. The Morgan fingerprint density at radius 2 is 2.00 bits per heavy atom. The highest BCUT2D eigenvalue weighted by Crippen LogP contribution is 2.22. The zero-order valence-electron chi connectivity index (χ0n) is 14.6. The summed E-state index contributed by atoms with van der Waals surface area (Å²) in [6, 6.07) is 1.94. The number of likely N-dealkylation sites (N-methyl/N-ethyl adjacent to an activating group) is 1. The topological polar surface area (TPSA) is 83.6 Å². The molecule has 0 aliphatic carbocycles. The Labute approximate surface area is 158 Å².